The molecule has 38 heavy (non-hydrogen) atoms. The smallest absolute Gasteiger partial charge is 0.870 e. The van der Waals surface area contributed by atoms with Crippen molar-refractivity contribution >= 4 is 52.3 Å². The first kappa shape index (κ1) is 59.1. The molecule has 232 valence electrons. The van der Waals surface area contributed by atoms with Gasteiger partial charge in [-0.3, -0.25) is 9.59 Å². The quantitative estimate of drug-likeness (QED) is 0.0516. The van der Waals surface area contributed by atoms with Gasteiger partial charge in [0.15, 0.2) is 0 Å². The first-order chi connectivity index (χ1) is 16.0. The molecule has 10 heteroatoms. The minimum Gasteiger partial charge on any atom is -0.870 e. The number of thiol groups is 1. The van der Waals surface area contributed by atoms with E-state index in [0.29, 0.717) is 12.8 Å². The van der Waals surface area contributed by atoms with Crippen LogP contribution in [0.5, 0.6) is 0 Å². The number of carboxylic acid groups (broad SMARTS) is 2. The first-order valence-electron chi connectivity index (χ1n) is 13.1. The molecule has 0 saturated carbocycles. The minimum absolute atomic E-state index is 0. The van der Waals surface area contributed by atoms with Crippen LogP contribution in [0, 0.1) is 0 Å². The second kappa shape index (κ2) is 58.3. The molecular formula is C28H64BrKO6S2. The van der Waals surface area contributed by atoms with Crippen LogP contribution in [0.2, 0.25) is 0 Å². The molecule has 0 aromatic rings. The summed E-state index contributed by atoms with van der Waals surface area (Å²) >= 11 is 9.23. The Morgan fingerprint density at radius 3 is 1.18 bits per heavy atom. The van der Waals surface area contributed by atoms with Crippen LogP contribution in [0.1, 0.15) is 144 Å². The van der Waals surface area contributed by atoms with Crippen molar-refractivity contribution in [1.29, 1.82) is 0 Å². The van der Waals surface area contributed by atoms with Crippen molar-refractivity contribution in [1.82, 2.24) is 0 Å². The normalized spacial score (nSPS) is 8.74. The molecule has 0 aliphatic heterocycles. The van der Waals surface area contributed by atoms with Crippen LogP contribution in [0.3, 0.4) is 0 Å². The summed E-state index contributed by atoms with van der Waals surface area (Å²) < 4.78 is 0. The Morgan fingerprint density at radius 2 is 0.921 bits per heavy atom. The number of carboxylic acids is 2. The third-order valence-corrected chi connectivity index (χ3v) is 6.45. The Hall–Kier alpha value is 1.68. The van der Waals surface area contributed by atoms with E-state index in [0.717, 1.165) is 36.8 Å². The number of aliphatic carboxylic acids is 2. The fourth-order valence-corrected chi connectivity index (χ4v) is 4.21. The molecule has 0 aromatic carbocycles. The van der Waals surface area contributed by atoms with Gasteiger partial charge in [0, 0.05) is 18.2 Å². The van der Waals surface area contributed by atoms with Gasteiger partial charge >= 0.3 is 63.3 Å². The number of halogens is 1. The van der Waals surface area contributed by atoms with Gasteiger partial charge in [-0.05, 0) is 42.9 Å². The summed E-state index contributed by atoms with van der Waals surface area (Å²) in [4.78, 5) is 20.5. The summed E-state index contributed by atoms with van der Waals surface area (Å²) in [6.07, 6.45) is 20.1. The van der Waals surface area contributed by atoms with E-state index in [2.05, 4.69) is 35.5 Å². The first-order valence-corrected chi connectivity index (χ1v) is 16.0. The standard InChI is InChI=1S/C13H26O2S.C11H21BrO2.C2H6S.2CH4.K.2H2O/c1-2-16-12-10-8-6-4-3-5-7-9-11-13(14)15;12-10-8-6-4-2-1-3-5-7-9-11(13)14;1-2-3;;;;;/h2-12H2,1H3,(H,14,15);1-10H2,(H,13,14);3H,2H2,1H3;2*1H4;;2*1H2/q;;;;;+1;;/p-1. The van der Waals surface area contributed by atoms with Crippen molar-refractivity contribution in [2.24, 2.45) is 0 Å². The maximum Gasteiger partial charge on any atom is 1.00 e. The molecule has 0 aromatic heterocycles. The van der Waals surface area contributed by atoms with Crippen LogP contribution in [0.15, 0.2) is 0 Å². The second-order valence-corrected chi connectivity index (χ2v) is 11.0. The molecule has 0 amide bonds. The zero-order valence-electron chi connectivity index (χ0n) is 23.4. The largest absolute Gasteiger partial charge is 1.00 e. The molecule has 0 atom stereocenters. The topological polar surface area (TPSA) is 136 Å². The van der Waals surface area contributed by atoms with Gasteiger partial charge in [-0.1, -0.05) is 122 Å². The Kier molecular flexibility index (Phi) is 90.8. The number of hydrogen-bond donors (Lipinski definition) is 3. The van der Waals surface area contributed by atoms with Gasteiger partial charge in [-0.15, -0.1) is 0 Å². The molecule has 0 radical (unpaired) electrons. The molecule has 0 saturated heterocycles. The van der Waals surface area contributed by atoms with Crippen LogP contribution in [0.4, 0.5) is 0 Å². The van der Waals surface area contributed by atoms with E-state index in [9.17, 15) is 9.59 Å². The summed E-state index contributed by atoms with van der Waals surface area (Å²) in [6, 6.07) is 0. The zero-order chi connectivity index (χ0) is 25.4. The predicted molar refractivity (Wildman–Crippen MR) is 174 cm³/mol. The molecule has 5 N–H and O–H groups in total. The monoisotopic (exact) mass is 678 g/mol. The third-order valence-electron chi connectivity index (χ3n) is 4.91. The number of rotatable bonds is 22. The zero-order valence-corrected chi connectivity index (χ0v) is 29.9. The van der Waals surface area contributed by atoms with Gasteiger partial charge in [0.2, 0.25) is 0 Å². The molecule has 0 unspecified atom stereocenters. The Morgan fingerprint density at radius 1 is 0.658 bits per heavy atom. The van der Waals surface area contributed by atoms with E-state index >= 15 is 0 Å². The number of carbonyl (C=O) groups is 2. The van der Waals surface area contributed by atoms with Gasteiger partial charge in [0.25, 0.3) is 0 Å². The van der Waals surface area contributed by atoms with Crippen molar-refractivity contribution < 1.29 is 82.1 Å². The molecule has 0 spiro atoms. The average molecular weight is 680 g/mol. The molecule has 0 rings (SSSR count). The summed E-state index contributed by atoms with van der Waals surface area (Å²) in [6.45, 7) is 4.20. The fourth-order valence-electron chi connectivity index (χ4n) is 3.12. The number of thioether (sulfide) groups is 1. The molecule has 6 nitrogen and oxygen atoms in total. The number of unbranched alkanes of at least 4 members (excludes halogenated alkanes) is 14. The van der Waals surface area contributed by atoms with Gasteiger partial charge in [0.1, 0.15) is 0 Å². The van der Waals surface area contributed by atoms with Gasteiger partial charge < -0.3 is 21.2 Å². The van der Waals surface area contributed by atoms with E-state index < -0.39 is 11.9 Å². The third kappa shape index (κ3) is 76.9. The molecule has 0 bridgehead atoms. The average Bonchev–Trinajstić information content (AvgIpc) is 2.77. The van der Waals surface area contributed by atoms with Crippen LogP contribution in [0.25, 0.3) is 0 Å². The van der Waals surface area contributed by atoms with Crippen LogP contribution >= 0.6 is 40.3 Å². The summed E-state index contributed by atoms with van der Waals surface area (Å²) in [5.41, 5.74) is 0. The minimum atomic E-state index is -0.665. The van der Waals surface area contributed by atoms with Crippen molar-refractivity contribution in [2.45, 2.75) is 144 Å². The van der Waals surface area contributed by atoms with Crippen LogP contribution in [-0.2, 0) is 9.59 Å². The van der Waals surface area contributed by atoms with Crippen molar-refractivity contribution in [3.05, 3.63) is 0 Å². The summed E-state index contributed by atoms with van der Waals surface area (Å²) in [5.74, 6) is 2.18. The maximum atomic E-state index is 10.3. The van der Waals surface area contributed by atoms with E-state index in [1.807, 2.05) is 18.7 Å². The predicted octanol–water partition coefficient (Wildman–Crippen LogP) is 6.52. The van der Waals surface area contributed by atoms with E-state index in [1.165, 1.54) is 88.6 Å². The van der Waals surface area contributed by atoms with E-state index in [4.69, 9.17) is 10.2 Å². The molecule has 0 heterocycles. The van der Waals surface area contributed by atoms with E-state index in [1.54, 1.807) is 0 Å². The fraction of sp³-hybridized carbons (Fsp3) is 0.929. The SMILES string of the molecule is C.C.CCS.CCSCCCCCCCCCCC(=O)O.O.O=C(O)CCCCCCCCCCBr.[K+].[OH-]. The van der Waals surface area contributed by atoms with Crippen LogP contribution < -0.4 is 51.4 Å². The molecular weight excluding hydrogens is 615 g/mol. The summed E-state index contributed by atoms with van der Waals surface area (Å²) in [7, 11) is 0. The van der Waals surface area contributed by atoms with Gasteiger partial charge in [0.05, 0.1) is 0 Å². The number of alkyl halides is 1. The van der Waals surface area contributed by atoms with E-state index in [-0.39, 0.29) is 77.2 Å². The van der Waals surface area contributed by atoms with Crippen molar-refractivity contribution in [3.8, 4) is 0 Å². The summed E-state index contributed by atoms with van der Waals surface area (Å²) in [5, 5.41) is 18.0. The Bertz CT molecular complexity index is 398. The molecule has 0 fully saturated rings. The van der Waals surface area contributed by atoms with Crippen molar-refractivity contribution in [2.75, 3.05) is 22.6 Å². The maximum absolute atomic E-state index is 10.3. The van der Waals surface area contributed by atoms with Crippen LogP contribution in [-0.4, -0.2) is 55.7 Å². The van der Waals surface area contributed by atoms with Gasteiger partial charge in [-0.2, -0.15) is 24.4 Å². The van der Waals surface area contributed by atoms with Gasteiger partial charge in [-0.25, -0.2) is 0 Å². The van der Waals surface area contributed by atoms with Crippen molar-refractivity contribution in [3.63, 3.8) is 0 Å². The Labute approximate surface area is 298 Å². The molecule has 0 aliphatic carbocycles. The molecule has 0 aliphatic rings. The second-order valence-electron chi connectivity index (χ2n) is 8.15. The number of hydrogen-bond acceptors (Lipinski definition) is 5. The Balaban J connectivity index is -0.0000000640.